The van der Waals surface area contributed by atoms with Gasteiger partial charge in [-0.15, -0.1) is 0 Å². The van der Waals surface area contributed by atoms with E-state index < -0.39 is 12.0 Å². The second-order valence-electron chi connectivity index (χ2n) is 4.94. The number of fused-ring (bicyclic) bond motifs is 2. The van der Waals surface area contributed by atoms with Crippen LogP contribution in [-0.2, 0) is 4.79 Å². The average Bonchev–Trinajstić information content (AvgIpc) is 2.51. The topological polar surface area (TPSA) is 84.6 Å². The number of primary amides is 1. The minimum Gasteiger partial charge on any atom is -0.457 e. The molecule has 0 aromatic heterocycles. The number of carbonyl (C=O) groups is 1. The van der Waals surface area contributed by atoms with Crippen molar-refractivity contribution >= 4 is 5.91 Å². The number of rotatable bonds is 4. The summed E-state index contributed by atoms with van der Waals surface area (Å²) in [7, 11) is 0. The molecule has 4 N–H and O–H groups in total. The highest BCUT2D eigenvalue weighted by atomic mass is 16.5. The van der Waals surface area contributed by atoms with Crippen molar-refractivity contribution in [3.05, 3.63) is 59.7 Å². The third-order valence-electron chi connectivity index (χ3n) is 3.52. The van der Waals surface area contributed by atoms with Crippen molar-refractivity contribution in [3.63, 3.8) is 0 Å². The van der Waals surface area contributed by atoms with Crippen LogP contribution in [0.2, 0.25) is 0 Å². The van der Waals surface area contributed by atoms with Gasteiger partial charge in [-0.25, -0.2) is 0 Å². The van der Waals surface area contributed by atoms with Crippen LogP contribution >= 0.6 is 0 Å². The lowest BCUT2D eigenvalue weighted by atomic mass is 9.94. The van der Waals surface area contributed by atoms with Crippen LogP contribution in [-0.4, -0.2) is 23.7 Å². The first-order valence-corrected chi connectivity index (χ1v) is 6.73. The van der Waals surface area contributed by atoms with Gasteiger partial charge >= 0.3 is 0 Å². The Morgan fingerprint density at radius 2 is 1.67 bits per heavy atom. The summed E-state index contributed by atoms with van der Waals surface area (Å²) in [6.07, 6.45) is -1.22. The first-order valence-electron chi connectivity index (χ1n) is 6.73. The predicted molar refractivity (Wildman–Crippen MR) is 78.0 cm³/mol. The van der Waals surface area contributed by atoms with Gasteiger partial charge in [0.15, 0.2) is 0 Å². The average molecular weight is 284 g/mol. The van der Waals surface area contributed by atoms with E-state index in [9.17, 15) is 9.90 Å². The summed E-state index contributed by atoms with van der Waals surface area (Å²) in [5, 5.41) is 12.8. The van der Waals surface area contributed by atoms with Gasteiger partial charge in [-0.05, 0) is 12.1 Å². The second kappa shape index (κ2) is 5.55. The van der Waals surface area contributed by atoms with E-state index in [1.807, 2.05) is 48.5 Å². The highest BCUT2D eigenvalue weighted by molar-refractivity contribution is 5.78. The van der Waals surface area contributed by atoms with Gasteiger partial charge < -0.3 is 20.9 Å². The fraction of sp³-hybridized carbons (Fsp3) is 0.188. The van der Waals surface area contributed by atoms with E-state index in [2.05, 4.69) is 5.32 Å². The Bertz CT molecular complexity index is 627. The van der Waals surface area contributed by atoms with E-state index in [-0.39, 0.29) is 12.6 Å². The smallest absolute Gasteiger partial charge is 0.247 e. The summed E-state index contributed by atoms with van der Waals surface area (Å²) in [5.41, 5.74) is 7.02. The molecule has 5 heteroatoms. The van der Waals surface area contributed by atoms with Crippen molar-refractivity contribution in [2.45, 2.75) is 12.1 Å². The molecule has 0 bridgehead atoms. The quantitative estimate of drug-likeness (QED) is 0.790. The summed E-state index contributed by atoms with van der Waals surface area (Å²) in [6, 6.07) is 15.2. The SMILES string of the molecule is NC(=O)C(O)CNC1c2ccccc2Oc2ccccc21. The molecule has 1 aliphatic rings. The zero-order valence-electron chi connectivity index (χ0n) is 11.3. The largest absolute Gasteiger partial charge is 0.457 e. The number of aliphatic hydroxyl groups is 1. The Balaban J connectivity index is 1.93. The van der Waals surface area contributed by atoms with Gasteiger partial charge in [-0.2, -0.15) is 0 Å². The second-order valence-corrected chi connectivity index (χ2v) is 4.94. The number of hydrogen-bond donors (Lipinski definition) is 3. The third-order valence-corrected chi connectivity index (χ3v) is 3.52. The number of nitrogens with one attached hydrogen (secondary N) is 1. The minimum atomic E-state index is -1.22. The van der Waals surface area contributed by atoms with Crippen molar-refractivity contribution in [3.8, 4) is 11.5 Å². The number of carbonyl (C=O) groups excluding carboxylic acids is 1. The van der Waals surface area contributed by atoms with Gasteiger partial charge in [0, 0.05) is 17.7 Å². The Labute approximate surface area is 122 Å². The molecule has 0 aliphatic carbocycles. The van der Waals surface area contributed by atoms with Crippen molar-refractivity contribution in [2.75, 3.05) is 6.54 Å². The van der Waals surface area contributed by atoms with E-state index in [1.54, 1.807) is 0 Å². The predicted octanol–water partition coefficient (Wildman–Crippen LogP) is 1.32. The van der Waals surface area contributed by atoms with Gasteiger partial charge in [0.1, 0.15) is 17.6 Å². The summed E-state index contributed by atoms with van der Waals surface area (Å²) in [4.78, 5) is 11.0. The van der Waals surface area contributed by atoms with Gasteiger partial charge in [0.25, 0.3) is 0 Å². The number of para-hydroxylation sites is 2. The van der Waals surface area contributed by atoms with E-state index >= 15 is 0 Å². The molecule has 1 amide bonds. The van der Waals surface area contributed by atoms with Crippen LogP contribution in [0, 0.1) is 0 Å². The molecule has 0 spiro atoms. The third kappa shape index (κ3) is 2.61. The fourth-order valence-electron chi connectivity index (χ4n) is 2.46. The van der Waals surface area contributed by atoms with Crippen LogP contribution in [0.4, 0.5) is 0 Å². The molecular formula is C16H16N2O3. The molecule has 0 fully saturated rings. The molecule has 0 radical (unpaired) electrons. The molecule has 2 aromatic carbocycles. The van der Waals surface area contributed by atoms with E-state index in [1.165, 1.54) is 0 Å². The van der Waals surface area contributed by atoms with E-state index in [0.717, 1.165) is 22.6 Å². The number of ether oxygens (including phenoxy) is 1. The number of hydrogen-bond acceptors (Lipinski definition) is 4. The maximum absolute atomic E-state index is 11.0. The number of benzene rings is 2. The Kier molecular flexibility index (Phi) is 3.60. The molecule has 5 nitrogen and oxygen atoms in total. The maximum atomic E-state index is 11.0. The Hall–Kier alpha value is -2.37. The molecule has 1 atom stereocenters. The zero-order valence-corrected chi connectivity index (χ0v) is 11.3. The number of aliphatic hydroxyl groups excluding tert-OH is 1. The lowest BCUT2D eigenvalue weighted by Gasteiger charge is -2.29. The lowest BCUT2D eigenvalue weighted by Crippen LogP contribution is -2.39. The Morgan fingerprint density at radius 3 is 2.19 bits per heavy atom. The number of nitrogens with two attached hydrogens (primary N) is 1. The van der Waals surface area contributed by atoms with Crippen LogP contribution in [0.5, 0.6) is 11.5 Å². The Morgan fingerprint density at radius 1 is 1.14 bits per heavy atom. The van der Waals surface area contributed by atoms with Crippen LogP contribution in [0.1, 0.15) is 17.2 Å². The monoisotopic (exact) mass is 284 g/mol. The van der Waals surface area contributed by atoms with Crippen molar-refractivity contribution in [2.24, 2.45) is 5.73 Å². The van der Waals surface area contributed by atoms with E-state index in [0.29, 0.717) is 0 Å². The molecule has 1 heterocycles. The fourth-order valence-corrected chi connectivity index (χ4v) is 2.46. The first-order chi connectivity index (χ1) is 10.2. The summed E-state index contributed by atoms with van der Waals surface area (Å²) >= 11 is 0. The highest BCUT2D eigenvalue weighted by Crippen LogP contribution is 2.42. The molecule has 0 saturated carbocycles. The summed E-state index contributed by atoms with van der Waals surface area (Å²) < 4.78 is 5.87. The molecular weight excluding hydrogens is 268 g/mol. The summed E-state index contributed by atoms with van der Waals surface area (Å²) in [5.74, 6) is 0.792. The molecule has 3 rings (SSSR count). The van der Waals surface area contributed by atoms with Crippen molar-refractivity contribution in [1.29, 1.82) is 0 Å². The molecule has 1 unspecified atom stereocenters. The van der Waals surface area contributed by atoms with Crippen molar-refractivity contribution < 1.29 is 14.6 Å². The molecule has 2 aromatic rings. The molecule has 1 aliphatic heterocycles. The van der Waals surface area contributed by atoms with Crippen molar-refractivity contribution in [1.82, 2.24) is 5.32 Å². The summed E-state index contributed by atoms with van der Waals surface area (Å²) in [6.45, 7) is 0.0860. The van der Waals surface area contributed by atoms with Gasteiger partial charge in [0.2, 0.25) is 5.91 Å². The van der Waals surface area contributed by atoms with Crippen LogP contribution in [0.25, 0.3) is 0 Å². The molecule has 0 saturated heterocycles. The molecule has 108 valence electrons. The minimum absolute atomic E-state index is 0.0860. The van der Waals surface area contributed by atoms with Gasteiger partial charge in [0.05, 0.1) is 6.04 Å². The normalized spacial score (nSPS) is 14.7. The lowest BCUT2D eigenvalue weighted by molar-refractivity contribution is -0.125. The zero-order chi connectivity index (χ0) is 14.8. The standard InChI is InChI=1S/C16H16N2O3/c17-16(20)12(19)9-18-15-10-5-1-3-7-13(10)21-14-8-4-2-6-11(14)15/h1-8,12,15,18-19H,9H2,(H2,17,20). The van der Waals surface area contributed by atoms with Crippen LogP contribution in [0.15, 0.2) is 48.5 Å². The first kappa shape index (κ1) is 13.6. The maximum Gasteiger partial charge on any atom is 0.247 e. The van der Waals surface area contributed by atoms with Gasteiger partial charge in [-0.1, -0.05) is 36.4 Å². The van der Waals surface area contributed by atoms with Gasteiger partial charge in [-0.3, -0.25) is 4.79 Å². The van der Waals surface area contributed by atoms with E-state index in [4.69, 9.17) is 10.5 Å². The van der Waals surface area contributed by atoms with Crippen LogP contribution in [0.3, 0.4) is 0 Å². The highest BCUT2D eigenvalue weighted by Gasteiger charge is 2.27. The molecule has 21 heavy (non-hydrogen) atoms. The van der Waals surface area contributed by atoms with Crippen LogP contribution < -0.4 is 15.8 Å². The number of amides is 1.